The third-order valence-corrected chi connectivity index (χ3v) is 2.46. The molecule has 0 aliphatic heterocycles. The van der Waals surface area contributed by atoms with Gasteiger partial charge in [0.15, 0.2) is 0 Å². The summed E-state index contributed by atoms with van der Waals surface area (Å²) in [6.45, 7) is 5.51. The largest absolute Gasteiger partial charge is 0.451 e. The van der Waals surface area contributed by atoms with Gasteiger partial charge in [-0.05, 0) is 12.2 Å². The summed E-state index contributed by atoms with van der Waals surface area (Å²) in [7, 11) is 0. The van der Waals surface area contributed by atoms with Crippen molar-refractivity contribution in [2.75, 3.05) is 11.7 Å². The van der Waals surface area contributed by atoms with Gasteiger partial charge in [-0.15, -0.1) is 11.8 Å². The van der Waals surface area contributed by atoms with E-state index in [2.05, 4.69) is 13.5 Å². The molecular weight excluding hydrogens is 184 g/mol. The molecule has 13 heavy (non-hydrogen) atoms. The van der Waals surface area contributed by atoms with Crippen molar-refractivity contribution in [2.24, 2.45) is 0 Å². The smallest absolute Gasteiger partial charge is 0.330 e. The van der Waals surface area contributed by atoms with E-state index in [1.807, 2.05) is 0 Å². The molecule has 0 aromatic rings. The molecule has 0 saturated carbocycles. The van der Waals surface area contributed by atoms with Crippen LogP contribution in [-0.4, -0.2) is 17.7 Å². The first kappa shape index (κ1) is 12.6. The molecule has 0 rings (SSSR count). The molecule has 0 unspecified atom stereocenters. The molecule has 0 aliphatic rings. The molecule has 0 amide bonds. The van der Waals surface area contributed by atoms with Crippen LogP contribution in [0, 0.1) is 0 Å². The number of ether oxygens (including phenoxy) is 1. The number of carbonyl (C=O) groups is 1. The average molecular weight is 202 g/mol. The second-order valence-electron chi connectivity index (χ2n) is 2.75. The maximum absolute atomic E-state index is 10.6. The zero-order valence-corrected chi connectivity index (χ0v) is 9.07. The molecular formula is C10H18O2S. The van der Waals surface area contributed by atoms with Gasteiger partial charge < -0.3 is 4.74 Å². The number of rotatable bonds is 8. The van der Waals surface area contributed by atoms with Crippen LogP contribution < -0.4 is 0 Å². The van der Waals surface area contributed by atoms with Gasteiger partial charge in [0, 0.05) is 6.08 Å². The van der Waals surface area contributed by atoms with E-state index >= 15 is 0 Å². The Morgan fingerprint density at radius 2 is 2.23 bits per heavy atom. The molecule has 3 heteroatoms. The molecule has 0 aromatic heterocycles. The van der Waals surface area contributed by atoms with Gasteiger partial charge in [-0.3, -0.25) is 0 Å². The summed E-state index contributed by atoms with van der Waals surface area (Å²) < 4.78 is 4.80. The first-order chi connectivity index (χ1) is 6.31. The molecule has 0 N–H and O–H groups in total. The first-order valence-corrected chi connectivity index (χ1v) is 5.83. The average Bonchev–Trinajstić information content (AvgIpc) is 2.16. The van der Waals surface area contributed by atoms with E-state index in [1.165, 1.54) is 31.8 Å². The lowest BCUT2D eigenvalue weighted by molar-refractivity contribution is -0.135. The highest BCUT2D eigenvalue weighted by Crippen LogP contribution is 2.07. The van der Waals surface area contributed by atoms with Crippen molar-refractivity contribution in [1.82, 2.24) is 0 Å². The summed E-state index contributed by atoms with van der Waals surface area (Å²) in [4.78, 5) is 10.6. The molecule has 0 heterocycles. The fourth-order valence-corrected chi connectivity index (χ4v) is 1.57. The van der Waals surface area contributed by atoms with Crippen molar-refractivity contribution in [2.45, 2.75) is 32.6 Å². The van der Waals surface area contributed by atoms with Gasteiger partial charge in [0.05, 0.1) is 0 Å². The van der Waals surface area contributed by atoms with Crippen molar-refractivity contribution < 1.29 is 9.53 Å². The number of esters is 1. The van der Waals surface area contributed by atoms with Gasteiger partial charge >= 0.3 is 5.97 Å². The topological polar surface area (TPSA) is 26.3 Å². The Balaban J connectivity index is 2.99. The van der Waals surface area contributed by atoms with Gasteiger partial charge in [0.2, 0.25) is 0 Å². The number of hydrogen-bond donors (Lipinski definition) is 0. The standard InChI is InChI=1S/C10H18O2S/c1-3-5-6-7-8-13-9-12-10(11)4-2/h4H,2-3,5-9H2,1H3. The third-order valence-electron chi connectivity index (χ3n) is 1.59. The van der Waals surface area contributed by atoms with Gasteiger partial charge in [-0.25, -0.2) is 4.79 Å². The van der Waals surface area contributed by atoms with E-state index in [1.54, 1.807) is 11.8 Å². The summed E-state index contributed by atoms with van der Waals surface area (Å²) in [5.74, 6) is 1.20. The van der Waals surface area contributed by atoms with Crippen LogP contribution in [0.4, 0.5) is 0 Å². The zero-order chi connectivity index (χ0) is 9.94. The molecule has 0 radical (unpaired) electrons. The highest BCUT2D eigenvalue weighted by molar-refractivity contribution is 7.99. The van der Waals surface area contributed by atoms with Crippen LogP contribution in [0.1, 0.15) is 32.6 Å². The molecule has 0 fully saturated rings. The Kier molecular flexibility index (Phi) is 9.32. The predicted molar refractivity (Wildman–Crippen MR) is 57.8 cm³/mol. The quantitative estimate of drug-likeness (QED) is 0.262. The van der Waals surface area contributed by atoms with Crippen LogP contribution >= 0.6 is 11.8 Å². The minimum absolute atomic E-state index is 0.332. The monoisotopic (exact) mass is 202 g/mol. The van der Waals surface area contributed by atoms with E-state index in [4.69, 9.17) is 4.74 Å². The molecule has 76 valence electrons. The third kappa shape index (κ3) is 9.47. The van der Waals surface area contributed by atoms with Crippen molar-refractivity contribution in [3.63, 3.8) is 0 Å². The van der Waals surface area contributed by atoms with Crippen molar-refractivity contribution in [3.05, 3.63) is 12.7 Å². The lowest BCUT2D eigenvalue weighted by Gasteiger charge is -2.01. The molecule has 0 spiro atoms. The van der Waals surface area contributed by atoms with Gasteiger partial charge in [-0.2, -0.15) is 0 Å². The lowest BCUT2D eigenvalue weighted by atomic mass is 10.2. The maximum Gasteiger partial charge on any atom is 0.330 e. The van der Waals surface area contributed by atoms with Crippen LogP contribution in [0.25, 0.3) is 0 Å². The molecule has 0 saturated heterocycles. The van der Waals surface area contributed by atoms with Crippen LogP contribution in [0.5, 0.6) is 0 Å². The van der Waals surface area contributed by atoms with Gasteiger partial charge in [0.1, 0.15) is 5.94 Å². The second kappa shape index (κ2) is 9.65. The van der Waals surface area contributed by atoms with Crippen LogP contribution in [0.2, 0.25) is 0 Å². The van der Waals surface area contributed by atoms with E-state index in [0.29, 0.717) is 5.94 Å². The van der Waals surface area contributed by atoms with Crippen molar-refractivity contribution in [1.29, 1.82) is 0 Å². The predicted octanol–water partition coefficient (Wildman–Crippen LogP) is 2.99. The number of hydrogen-bond acceptors (Lipinski definition) is 3. The van der Waals surface area contributed by atoms with E-state index in [0.717, 1.165) is 5.75 Å². The molecule has 0 aromatic carbocycles. The zero-order valence-electron chi connectivity index (χ0n) is 8.25. The summed E-state index contributed by atoms with van der Waals surface area (Å²) in [5, 5.41) is 0. The fourth-order valence-electron chi connectivity index (χ4n) is 0.848. The van der Waals surface area contributed by atoms with Crippen molar-refractivity contribution >= 4 is 17.7 Å². The molecule has 0 aliphatic carbocycles. The maximum atomic E-state index is 10.6. The minimum Gasteiger partial charge on any atom is -0.451 e. The Morgan fingerprint density at radius 1 is 1.46 bits per heavy atom. The van der Waals surface area contributed by atoms with E-state index < -0.39 is 0 Å². The second-order valence-corrected chi connectivity index (χ2v) is 3.81. The summed E-state index contributed by atoms with van der Waals surface area (Å²) in [6.07, 6.45) is 6.24. The SMILES string of the molecule is C=CC(=O)OCSCCCCCC. The minimum atomic E-state index is -0.332. The van der Waals surface area contributed by atoms with Crippen LogP contribution in [-0.2, 0) is 9.53 Å². The van der Waals surface area contributed by atoms with Gasteiger partial charge in [-0.1, -0.05) is 32.8 Å². The number of carbonyl (C=O) groups excluding carboxylic acids is 1. The molecule has 2 nitrogen and oxygen atoms in total. The lowest BCUT2D eigenvalue weighted by Crippen LogP contribution is -1.99. The Morgan fingerprint density at radius 3 is 2.85 bits per heavy atom. The number of thioether (sulfide) groups is 1. The Hall–Kier alpha value is -0.440. The highest BCUT2D eigenvalue weighted by Gasteiger charge is 1.94. The number of unbranched alkanes of at least 4 members (excludes halogenated alkanes) is 3. The van der Waals surface area contributed by atoms with E-state index in [9.17, 15) is 4.79 Å². The van der Waals surface area contributed by atoms with E-state index in [-0.39, 0.29) is 5.97 Å². The molecule has 0 atom stereocenters. The molecule has 0 bridgehead atoms. The first-order valence-electron chi connectivity index (χ1n) is 4.68. The van der Waals surface area contributed by atoms with Gasteiger partial charge in [0.25, 0.3) is 0 Å². The highest BCUT2D eigenvalue weighted by atomic mass is 32.2. The fraction of sp³-hybridized carbons (Fsp3) is 0.700. The Bertz CT molecular complexity index is 146. The van der Waals surface area contributed by atoms with Crippen LogP contribution in [0.3, 0.4) is 0 Å². The normalized spacial score (nSPS) is 9.62. The summed E-state index contributed by atoms with van der Waals surface area (Å²) in [6, 6.07) is 0. The Labute approximate surface area is 84.7 Å². The van der Waals surface area contributed by atoms with Crippen LogP contribution in [0.15, 0.2) is 12.7 Å². The summed E-state index contributed by atoms with van der Waals surface area (Å²) in [5.41, 5.74) is 0. The summed E-state index contributed by atoms with van der Waals surface area (Å²) >= 11 is 1.66. The van der Waals surface area contributed by atoms with Crippen molar-refractivity contribution in [3.8, 4) is 0 Å².